The van der Waals surface area contributed by atoms with Crippen LogP contribution in [0.3, 0.4) is 0 Å². The number of rotatable bonds is 11. The molecule has 11 N–H and O–H groups in total. The first-order valence-corrected chi connectivity index (χ1v) is 28.6. The molecule has 28 nitrogen and oxygen atoms in total. The number of halogens is 2. The molecule has 0 bridgehead atoms. The summed E-state index contributed by atoms with van der Waals surface area (Å²) in [6, 6.07) is 24.6. The van der Waals surface area contributed by atoms with Gasteiger partial charge in [0.2, 0.25) is 35.4 Å². The number of imide groups is 4. The highest BCUT2D eigenvalue weighted by Crippen LogP contribution is 2.36. The zero-order chi connectivity index (χ0) is 61.6. The molecule has 6 aromatic rings. The fraction of sp³-hybridized carbons (Fsp3) is 0.276. The van der Waals surface area contributed by atoms with E-state index < -0.39 is 59.3 Å². The van der Waals surface area contributed by atoms with Crippen LogP contribution in [0.15, 0.2) is 97.1 Å². The number of piperidine rings is 2. The predicted molar refractivity (Wildman–Crippen MR) is 325 cm³/mol. The highest BCUT2D eigenvalue weighted by molar-refractivity contribution is 9.09. The average Bonchev–Trinajstić information content (AvgIpc) is 1.69. The number of aromatic nitrogens is 4. The standard InChI is InChI=1S/C29H28N8O6.C15H12BrN3O5.C14H17N5O.ClH/c30-26-21(14-19(33-34-26)16-4-1-2-7-22(16)38)36-12-10-35(11-13-36)15-24(40)31-18-6-3-5-17-25(18)29(43)37(28(17)42)20-8-9-23(39)32-27(20)41;16-6-11(21)17-8-3-1-2-7-12(8)15(24)19(14(7)23)9-4-5-10(20)18-13(9)22;15-14-12(19-7-5-16-6-8-19)9-11(17-18-14)10-3-1-2-4-13(10)20;/h1-7,14,20,38H,8-13,15H2,(H2,30,34)(H,31,40)(H,32,39,41);1-3,9H,4-6H2,(H,17,21)(H,18,20,22);1-4,9,16,20H,5-8H2,(H2,15,18);1H. The lowest BCUT2D eigenvalue weighted by Crippen LogP contribution is -2.54. The van der Waals surface area contributed by atoms with E-state index in [1.165, 1.54) is 24.3 Å². The number of carbonyl (C=O) groups is 10. The lowest BCUT2D eigenvalue weighted by Gasteiger charge is -2.36. The van der Waals surface area contributed by atoms with Crippen molar-refractivity contribution in [2.45, 2.75) is 37.8 Å². The highest BCUT2D eigenvalue weighted by atomic mass is 79.9. The molecule has 12 rings (SSSR count). The first-order chi connectivity index (χ1) is 41.9. The van der Waals surface area contributed by atoms with E-state index in [0.717, 1.165) is 41.7 Å². The minimum Gasteiger partial charge on any atom is -0.507 e. The van der Waals surface area contributed by atoms with Crippen LogP contribution in [-0.2, 0) is 28.8 Å². The molecule has 4 aromatic carbocycles. The van der Waals surface area contributed by atoms with Gasteiger partial charge in [-0.2, -0.15) is 0 Å². The second kappa shape index (κ2) is 27.2. The van der Waals surface area contributed by atoms with Crippen molar-refractivity contribution >= 4 is 122 Å². The number of amides is 10. The number of hydrogen-bond donors (Lipinski definition) is 9. The number of fused-ring (bicyclic) bond motifs is 2. The summed E-state index contributed by atoms with van der Waals surface area (Å²) in [7, 11) is 0. The Balaban J connectivity index is 0.000000172. The third-order valence-electron chi connectivity index (χ3n) is 15.1. The Hall–Kier alpha value is -9.97. The number of phenolic OH excluding ortho intramolecular Hbond substituents is 2. The third-order valence-corrected chi connectivity index (χ3v) is 15.6. The molecule has 2 aromatic heterocycles. The molecular weight excluding hydrogens is 1230 g/mol. The van der Waals surface area contributed by atoms with Gasteiger partial charge in [0.05, 0.1) is 68.3 Å². The Bertz CT molecular complexity index is 3810. The van der Waals surface area contributed by atoms with Crippen molar-refractivity contribution in [2.24, 2.45) is 0 Å². The molecule has 8 heterocycles. The Morgan fingerprint density at radius 1 is 0.545 bits per heavy atom. The average molecular weight is 1290 g/mol. The van der Waals surface area contributed by atoms with Gasteiger partial charge < -0.3 is 47.4 Å². The molecule has 4 fully saturated rings. The summed E-state index contributed by atoms with van der Waals surface area (Å²) in [5, 5.41) is 49.4. The molecule has 88 heavy (non-hydrogen) atoms. The normalized spacial score (nSPS) is 18.2. The first kappa shape index (κ1) is 62.6. The zero-order valence-electron chi connectivity index (χ0n) is 46.7. The summed E-state index contributed by atoms with van der Waals surface area (Å²) in [6.07, 6.45) is 0.194. The molecule has 456 valence electrons. The summed E-state index contributed by atoms with van der Waals surface area (Å²) in [6.45, 7) is 5.84. The summed E-state index contributed by atoms with van der Waals surface area (Å²) in [5.74, 6) is -4.64. The third kappa shape index (κ3) is 13.2. The van der Waals surface area contributed by atoms with Gasteiger partial charge >= 0.3 is 0 Å². The van der Waals surface area contributed by atoms with Gasteiger partial charge in [0.15, 0.2) is 11.6 Å². The van der Waals surface area contributed by atoms with Gasteiger partial charge in [0, 0.05) is 76.3 Å². The van der Waals surface area contributed by atoms with Crippen LogP contribution in [0.2, 0.25) is 0 Å². The zero-order valence-corrected chi connectivity index (χ0v) is 49.1. The molecular formula is C58H58BrClN16O12. The van der Waals surface area contributed by atoms with Gasteiger partial charge in [0.1, 0.15) is 23.6 Å². The SMILES string of the molecule is Cl.Nc1nnc(-c2ccccc2O)cc1N1CCN(CC(=O)Nc2cccc3c2C(=O)N(C2CCC(=O)NC2=O)C3=O)CC1.Nc1nnc(-c2ccccc2O)cc1N1CCNCC1.O=C1CCC(N2C(=O)c3cccc(NC(=O)CBr)c3C2=O)C(=O)N1. The summed E-state index contributed by atoms with van der Waals surface area (Å²) >= 11 is 3.01. The minimum atomic E-state index is -1.09. The van der Waals surface area contributed by atoms with Crippen molar-refractivity contribution in [1.82, 2.24) is 51.0 Å². The number of carbonyl (C=O) groups excluding carboxylic acids is 10. The van der Waals surface area contributed by atoms with Crippen LogP contribution < -0.4 is 47.9 Å². The summed E-state index contributed by atoms with van der Waals surface area (Å²) in [5.41, 5.74) is 16.6. The largest absolute Gasteiger partial charge is 0.507 e. The summed E-state index contributed by atoms with van der Waals surface area (Å²) < 4.78 is 0. The molecule has 6 aliphatic heterocycles. The monoisotopic (exact) mass is 1280 g/mol. The van der Waals surface area contributed by atoms with E-state index in [4.69, 9.17) is 11.5 Å². The van der Waals surface area contributed by atoms with E-state index in [1.807, 2.05) is 28.0 Å². The number of aromatic hydroxyl groups is 2. The smallest absolute Gasteiger partial charge is 0.264 e. The topological polar surface area (TPSA) is 391 Å². The van der Waals surface area contributed by atoms with E-state index in [1.54, 1.807) is 54.6 Å². The number of nitrogen functional groups attached to an aromatic ring is 2. The molecule has 0 spiro atoms. The molecule has 10 amide bonds. The van der Waals surface area contributed by atoms with E-state index >= 15 is 0 Å². The number of nitrogens with zero attached hydrogens (tertiary/aromatic N) is 9. The summed E-state index contributed by atoms with van der Waals surface area (Å²) in [4.78, 5) is 131. The van der Waals surface area contributed by atoms with E-state index in [2.05, 4.69) is 67.8 Å². The van der Waals surface area contributed by atoms with E-state index in [-0.39, 0.29) is 113 Å². The molecule has 2 unspecified atom stereocenters. The molecule has 6 aliphatic rings. The van der Waals surface area contributed by atoms with Crippen molar-refractivity contribution in [1.29, 1.82) is 0 Å². The fourth-order valence-electron chi connectivity index (χ4n) is 10.8. The van der Waals surface area contributed by atoms with E-state index in [0.29, 0.717) is 60.2 Å². The molecule has 30 heteroatoms. The minimum absolute atomic E-state index is 0. The number of nitrogens with one attached hydrogen (secondary N) is 5. The maximum atomic E-state index is 13.3. The van der Waals surface area contributed by atoms with Gasteiger partial charge in [-0.3, -0.25) is 73.3 Å². The van der Waals surface area contributed by atoms with Crippen LogP contribution in [0, 0.1) is 0 Å². The lowest BCUT2D eigenvalue weighted by molar-refractivity contribution is -0.137. The molecule has 0 aliphatic carbocycles. The Morgan fingerprint density at radius 3 is 1.40 bits per heavy atom. The molecule has 0 saturated carbocycles. The first-order valence-electron chi connectivity index (χ1n) is 27.5. The quantitative estimate of drug-likeness (QED) is 0.0663. The number of anilines is 6. The second-order valence-electron chi connectivity index (χ2n) is 20.6. The number of piperazine rings is 2. The van der Waals surface area contributed by atoms with Crippen LogP contribution in [0.25, 0.3) is 22.5 Å². The van der Waals surface area contributed by atoms with Crippen molar-refractivity contribution in [2.75, 3.05) is 96.1 Å². The van der Waals surface area contributed by atoms with Gasteiger partial charge in [-0.05, 0) is 73.5 Å². The highest BCUT2D eigenvalue weighted by Gasteiger charge is 2.47. The van der Waals surface area contributed by atoms with Gasteiger partial charge in [-0.15, -0.1) is 32.8 Å². The Labute approximate surface area is 515 Å². The molecule has 0 radical (unpaired) electrons. The van der Waals surface area contributed by atoms with Crippen LogP contribution in [-0.4, -0.2) is 181 Å². The lowest BCUT2D eigenvalue weighted by atomic mass is 10.0. The van der Waals surface area contributed by atoms with Gasteiger partial charge in [-0.25, -0.2) is 0 Å². The van der Waals surface area contributed by atoms with Crippen molar-refractivity contribution in [3.63, 3.8) is 0 Å². The van der Waals surface area contributed by atoms with Crippen LogP contribution >= 0.6 is 28.3 Å². The fourth-order valence-corrected chi connectivity index (χ4v) is 10.9. The maximum absolute atomic E-state index is 13.3. The number of nitrogens with two attached hydrogens (primary N) is 2. The number of benzene rings is 4. The predicted octanol–water partition coefficient (Wildman–Crippen LogP) is 2.28. The Kier molecular flexibility index (Phi) is 19.3. The molecule has 2 atom stereocenters. The van der Waals surface area contributed by atoms with Crippen LogP contribution in [0.5, 0.6) is 11.5 Å². The van der Waals surface area contributed by atoms with Crippen molar-refractivity contribution < 1.29 is 58.2 Å². The molecule has 4 saturated heterocycles. The number of alkyl halides is 1. The van der Waals surface area contributed by atoms with E-state index in [9.17, 15) is 58.2 Å². The number of hydrogen-bond acceptors (Lipinski definition) is 22. The van der Waals surface area contributed by atoms with Gasteiger partial charge in [0.25, 0.3) is 23.6 Å². The van der Waals surface area contributed by atoms with Crippen molar-refractivity contribution in [3.8, 4) is 34.0 Å². The van der Waals surface area contributed by atoms with Gasteiger partial charge in [-0.1, -0.05) is 52.3 Å². The van der Waals surface area contributed by atoms with Crippen LogP contribution in [0.4, 0.5) is 34.4 Å². The maximum Gasteiger partial charge on any atom is 0.264 e. The second-order valence-corrected chi connectivity index (χ2v) is 21.2. The number of para-hydroxylation sites is 2. The van der Waals surface area contributed by atoms with Crippen molar-refractivity contribution in [3.05, 3.63) is 119 Å². The number of phenols is 2. The van der Waals surface area contributed by atoms with Crippen LogP contribution in [0.1, 0.15) is 67.1 Å². The Morgan fingerprint density at radius 2 is 0.966 bits per heavy atom.